The summed E-state index contributed by atoms with van der Waals surface area (Å²) in [5.41, 5.74) is 5.49. The summed E-state index contributed by atoms with van der Waals surface area (Å²) in [7, 11) is 0. The minimum atomic E-state index is -0.787. The first kappa shape index (κ1) is 20.7. The van der Waals surface area contributed by atoms with Gasteiger partial charge in [-0.05, 0) is 34.7 Å². The summed E-state index contributed by atoms with van der Waals surface area (Å²) in [6.45, 7) is 2.01. The lowest BCUT2D eigenvalue weighted by Gasteiger charge is -2.16. The quantitative estimate of drug-likeness (QED) is 0.478. The van der Waals surface area contributed by atoms with E-state index in [4.69, 9.17) is 14.2 Å². The fourth-order valence-electron chi connectivity index (χ4n) is 3.86. The van der Waals surface area contributed by atoms with Gasteiger partial charge in [-0.15, -0.1) is 0 Å². The third-order valence-electron chi connectivity index (χ3n) is 5.32. The fourth-order valence-corrected chi connectivity index (χ4v) is 3.86. The zero-order valence-electron chi connectivity index (χ0n) is 17.3. The maximum Gasteiger partial charge on any atom is 0.508 e. The highest BCUT2D eigenvalue weighted by molar-refractivity contribution is 5.79. The third-order valence-corrected chi connectivity index (χ3v) is 5.32. The molecule has 0 saturated carbocycles. The van der Waals surface area contributed by atoms with Crippen molar-refractivity contribution in [3.05, 3.63) is 95.6 Å². The summed E-state index contributed by atoms with van der Waals surface area (Å²) >= 11 is 0. The summed E-state index contributed by atoms with van der Waals surface area (Å²) in [6.07, 6.45) is -1.46. The van der Waals surface area contributed by atoms with E-state index >= 15 is 0 Å². The van der Waals surface area contributed by atoms with Crippen molar-refractivity contribution in [1.29, 1.82) is 0 Å². The van der Waals surface area contributed by atoms with E-state index in [1.807, 2.05) is 54.6 Å². The smallest absolute Gasteiger partial charge is 0.461 e. The van der Waals surface area contributed by atoms with Crippen LogP contribution in [0.25, 0.3) is 11.1 Å². The van der Waals surface area contributed by atoms with Crippen molar-refractivity contribution >= 4 is 12.1 Å². The summed E-state index contributed by atoms with van der Waals surface area (Å²) in [6, 6.07) is 25.7. The van der Waals surface area contributed by atoms with E-state index in [2.05, 4.69) is 24.3 Å². The topological polar surface area (TPSA) is 61.8 Å². The van der Waals surface area contributed by atoms with Crippen LogP contribution in [-0.4, -0.2) is 24.8 Å². The van der Waals surface area contributed by atoms with E-state index in [1.165, 1.54) is 0 Å². The van der Waals surface area contributed by atoms with Crippen LogP contribution in [0.3, 0.4) is 0 Å². The van der Waals surface area contributed by atoms with Gasteiger partial charge >= 0.3 is 12.1 Å². The molecule has 3 aromatic carbocycles. The first-order valence-corrected chi connectivity index (χ1v) is 10.3. The van der Waals surface area contributed by atoms with E-state index in [0.29, 0.717) is 0 Å². The lowest BCUT2D eigenvalue weighted by Crippen LogP contribution is -2.22. The standard InChI is InChI=1S/C26H24O5/c1-18(15-25(27)29-16-19-9-3-2-4-10-19)31-26(28)30-17-24-22-13-7-5-11-20(22)21-12-6-8-14-23(21)24/h2-14,18,24H,15-17H2,1H3. The second-order valence-corrected chi connectivity index (χ2v) is 7.57. The minimum absolute atomic E-state index is 0.0307. The normalized spacial score (nSPS) is 13.1. The molecule has 0 aliphatic heterocycles. The van der Waals surface area contributed by atoms with Crippen LogP contribution in [0, 0.1) is 0 Å². The molecule has 3 aromatic rings. The van der Waals surface area contributed by atoms with Crippen LogP contribution in [0.5, 0.6) is 0 Å². The van der Waals surface area contributed by atoms with Gasteiger partial charge in [0.15, 0.2) is 0 Å². The number of hydrogen-bond acceptors (Lipinski definition) is 5. The van der Waals surface area contributed by atoms with Gasteiger partial charge in [0.2, 0.25) is 0 Å². The van der Waals surface area contributed by atoms with E-state index < -0.39 is 18.2 Å². The Bertz CT molecular complexity index is 1010. The number of esters is 1. The number of benzene rings is 3. The predicted octanol–water partition coefficient (Wildman–Crippen LogP) is 5.47. The Balaban J connectivity index is 1.27. The number of carbonyl (C=O) groups is 2. The lowest BCUT2D eigenvalue weighted by atomic mass is 9.98. The summed E-state index contributed by atoms with van der Waals surface area (Å²) in [5.74, 6) is -0.464. The monoisotopic (exact) mass is 416 g/mol. The predicted molar refractivity (Wildman–Crippen MR) is 116 cm³/mol. The number of hydrogen-bond donors (Lipinski definition) is 0. The van der Waals surface area contributed by atoms with Crippen LogP contribution in [-0.2, 0) is 25.6 Å². The third kappa shape index (κ3) is 4.94. The molecule has 0 aromatic heterocycles. The Labute approximate surface area is 181 Å². The maximum absolute atomic E-state index is 12.2. The van der Waals surface area contributed by atoms with Gasteiger partial charge in [0.05, 0.1) is 6.42 Å². The number of fused-ring (bicyclic) bond motifs is 3. The molecule has 1 unspecified atom stereocenters. The van der Waals surface area contributed by atoms with Gasteiger partial charge in [0.25, 0.3) is 0 Å². The van der Waals surface area contributed by atoms with Gasteiger partial charge in [0.1, 0.15) is 19.3 Å². The molecule has 0 fully saturated rings. The van der Waals surface area contributed by atoms with E-state index in [0.717, 1.165) is 27.8 Å². The fraction of sp³-hybridized carbons (Fsp3) is 0.231. The molecular weight excluding hydrogens is 392 g/mol. The molecule has 4 rings (SSSR count). The van der Waals surface area contributed by atoms with E-state index in [9.17, 15) is 9.59 Å². The Hall–Kier alpha value is -3.60. The van der Waals surface area contributed by atoms with Crippen LogP contribution in [0.4, 0.5) is 4.79 Å². The van der Waals surface area contributed by atoms with Crippen LogP contribution in [0.2, 0.25) is 0 Å². The van der Waals surface area contributed by atoms with Crippen molar-refractivity contribution < 1.29 is 23.8 Å². The van der Waals surface area contributed by atoms with Gasteiger partial charge in [-0.25, -0.2) is 4.79 Å². The lowest BCUT2D eigenvalue weighted by molar-refractivity contribution is -0.147. The second kappa shape index (κ2) is 9.47. The average Bonchev–Trinajstić information content (AvgIpc) is 3.11. The highest BCUT2D eigenvalue weighted by Crippen LogP contribution is 2.44. The average molecular weight is 416 g/mol. The van der Waals surface area contributed by atoms with Gasteiger partial charge in [-0.3, -0.25) is 4.79 Å². The first-order chi connectivity index (χ1) is 15.1. The SMILES string of the molecule is CC(CC(=O)OCc1ccccc1)OC(=O)OCC1c2ccccc2-c2ccccc21. The summed E-state index contributed by atoms with van der Waals surface area (Å²) in [4.78, 5) is 24.2. The first-order valence-electron chi connectivity index (χ1n) is 10.3. The van der Waals surface area contributed by atoms with Crippen molar-refractivity contribution in [2.24, 2.45) is 0 Å². The molecule has 0 spiro atoms. The van der Waals surface area contributed by atoms with E-state index in [-0.39, 0.29) is 25.6 Å². The van der Waals surface area contributed by atoms with E-state index in [1.54, 1.807) is 6.92 Å². The van der Waals surface area contributed by atoms with Gasteiger partial charge in [-0.2, -0.15) is 0 Å². The Morgan fingerprint density at radius 3 is 2.03 bits per heavy atom. The molecular formula is C26H24O5. The molecule has 1 aliphatic rings. The molecule has 0 radical (unpaired) electrons. The van der Waals surface area contributed by atoms with Gasteiger partial charge < -0.3 is 14.2 Å². The Morgan fingerprint density at radius 2 is 1.39 bits per heavy atom. The molecule has 0 amide bonds. The molecule has 158 valence electrons. The number of rotatable bonds is 7. The summed E-state index contributed by atoms with van der Waals surface area (Å²) < 4.78 is 15.9. The Morgan fingerprint density at radius 1 is 0.806 bits per heavy atom. The second-order valence-electron chi connectivity index (χ2n) is 7.57. The molecule has 5 nitrogen and oxygen atoms in total. The Kier molecular flexibility index (Phi) is 6.32. The maximum atomic E-state index is 12.2. The highest BCUT2D eigenvalue weighted by atomic mass is 16.7. The molecule has 0 saturated heterocycles. The van der Waals surface area contributed by atoms with Crippen LogP contribution >= 0.6 is 0 Å². The molecule has 0 N–H and O–H groups in total. The van der Waals surface area contributed by atoms with Gasteiger partial charge in [-0.1, -0.05) is 78.9 Å². The molecule has 31 heavy (non-hydrogen) atoms. The van der Waals surface area contributed by atoms with Crippen molar-refractivity contribution in [2.75, 3.05) is 6.61 Å². The van der Waals surface area contributed by atoms with Crippen molar-refractivity contribution in [3.63, 3.8) is 0 Å². The minimum Gasteiger partial charge on any atom is -0.461 e. The molecule has 1 aliphatic carbocycles. The summed E-state index contributed by atoms with van der Waals surface area (Å²) in [5, 5.41) is 0. The van der Waals surface area contributed by atoms with Crippen LogP contribution < -0.4 is 0 Å². The molecule has 1 atom stereocenters. The highest BCUT2D eigenvalue weighted by Gasteiger charge is 2.29. The number of ether oxygens (including phenoxy) is 3. The molecule has 5 heteroatoms. The van der Waals surface area contributed by atoms with Crippen molar-refractivity contribution in [2.45, 2.75) is 32.0 Å². The van der Waals surface area contributed by atoms with Crippen molar-refractivity contribution in [3.8, 4) is 11.1 Å². The van der Waals surface area contributed by atoms with Gasteiger partial charge in [0, 0.05) is 5.92 Å². The largest absolute Gasteiger partial charge is 0.508 e. The van der Waals surface area contributed by atoms with Crippen molar-refractivity contribution in [1.82, 2.24) is 0 Å². The molecule has 0 heterocycles. The molecule has 0 bridgehead atoms. The van der Waals surface area contributed by atoms with Crippen LogP contribution in [0.1, 0.15) is 36.0 Å². The number of carbonyl (C=O) groups excluding carboxylic acids is 2. The zero-order valence-corrected chi connectivity index (χ0v) is 17.3. The zero-order chi connectivity index (χ0) is 21.6. The van der Waals surface area contributed by atoms with Crippen LogP contribution in [0.15, 0.2) is 78.9 Å².